The maximum atomic E-state index is 13.5. The van der Waals surface area contributed by atoms with Crippen LogP contribution in [0.2, 0.25) is 0 Å². The van der Waals surface area contributed by atoms with Crippen LogP contribution >= 0.6 is 0 Å². The van der Waals surface area contributed by atoms with Crippen LogP contribution in [0.15, 0.2) is 64.8 Å². The highest BCUT2D eigenvalue weighted by atomic mass is 19.4. The first-order chi connectivity index (χ1) is 13.7. The van der Waals surface area contributed by atoms with Crippen molar-refractivity contribution < 1.29 is 44.3 Å². The fourth-order valence-electron chi connectivity index (χ4n) is 1.95. The number of nitrogens with zero attached hydrogens (tertiary/aromatic N) is 2. The zero-order valence-corrected chi connectivity index (χ0v) is 14.4. The Labute approximate surface area is 162 Å². The lowest BCUT2D eigenvalue weighted by Gasteiger charge is -2.32. The standard InChI is InChI=1S/C17H10F9N3O/c18-14(19,15(20,21)16(22,23)17(24,25)26)13(30)27-10-6-8-12(9-7-10)29-28-11-4-2-1-3-5-11/h1-9H,(H,27,30). The van der Waals surface area contributed by atoms with Crippen LogP contribution in [0.1, 0.15) is 0 Å². The van der Waals surface area contributed by atoms with Gasteiger partial charge in [0.05, 0.1) is 11.4 Å². The van der Waals surface area contributed by atoms with Crippen molar-refractivity contribution in [1.29, 1.82) is 0 Å². The van der Waals surface area contributed by atoms with Gasteiger partial charge in [-0.2, -0.15) is 49.7 Å². The minimum atomic E-state index is -7.15. The Bertz CT molecular complexity index is 910. The number of rotatable bonds is 6. The molecule has 0 radical (unpaired) electrons. The molecule has 0 aliphatic carbocycles. The number of alkyl halides is 9. The van der Waals surface area contributed by atoms with Gasteiger partial charge in [0.25, 0.3) is 0 Å². The van der Waals surface area contributed by atoms with Crippen molar-refractivity contribution in [2.24, 2.45) is 10.2 Å². The zero-order valence-electron chi connectivity index (χ0n) is 14.4. The maximum absolute atomic E-state index is 13.5. The zero-order chi connectivity index (χ0) is 22.8. The molecule has 0 aliphatic rings. The number of halogens is 9. The van der Waals surface area contributed by atoms with Gasteiger partial charge in [0.2, 0.25) is 0 Å². The van der Waals surface area contributed by atoms with Crippen molar-refractivity contribution in [3.8, 4) is 0 Å². The second-order valence-electron chi connectivity index (χ2n) is 5.76. The Kier molecular flexibility index (Phi) is 6.14. The first kappa shape index (κ1) is 23.2. The van der Waals surface area contributed by atoms with E-state index in [1.165, 1.54) is 5.32 Å². The van der Waals surface area contributed by atoms with Gasteiger partial charge in [-0.1, -0.05) is 18.2 Å². The molecule has 2 aromatic carbocycles. The first-order valence-electron chi connectivity index (χ1n) is 7.78. The second-order valence-corrected chi connectivity index (χ2v) is 5.76. The summed E-state index contributed by atoms with van der Waals surface area (Å²) in [7, 11) is 0. The van der Waals surface area contributed by atoms with E-state index >= 15 is 0 Å². The third-order valence-electron chi connectivity index (χ3n) is 3.59. The SMILES string of the molecule is O=C(Nc1ccc(N=Nc2ccccc2)cc1)C(F)(F)C(F)(F)C(F)(F)C(F)(F)F. The van der Waals surface area contributed by atoms with Crippen LogP contribution in [0.5, 0.6) is 0 Å². The molecule has 0 bridgehead atoms. The highest BCUT2D eigenvalue weighted by Gasteiger charge is 2.83. The van der Waals surface area contributed by atoms with Gasteiger partial charge in [-0.15, -0.1) is 0 Å². The normalized spacial score (nSPS) is 13.5. The van der Waals surface area contributed by atoms with E-state index in [1.54, 1.807) is 30.3 Å². The number of hydrogen-bond donors (Lipinski definition) is 1. The number of benzene rings is 2. The number of anilines is 1. The molecule has 0 saturated carbocycles. The van der Waals surface area contributed by atoms with Crippen LogP contribution in [0.25, 0.3) is 0 Å². The number of azo groups is 1. The molecule has 1 N–H and O–H groups in total. The van der Waals surface area contributed by atoms with Crippen LogP contribution in [0.3, 0.4) is 0 Å². The topological polar surface area (TPSA) is 53.8 Å². The largest absolute Gasteiger partial charge is 0.460 e. The molecule has 2 aromatic rings. The average Bonchev–Trinajstić information content (AvgIpc) is 2.67. The van der Waals surface area contributed by atoms with Gasteiger partial charge in [-0.05, 0) is 36.4 Å². The van der Waals surface area contributed by atoms with E-state index < -0.39 is 35.5 Å². The van der Waals surface area contributed by atoms with Gasteiger partial charge in [0, 0.05) is 5.69 Å². The third-order valence-corrected chi connectivity index (χ3v) is 3.59. The number of nitrogens with one attached hydrogen (secondary N) is 1. The minimum absolute atomic E-state index is 0.137. The quantitative estimate of drug-likeness (QED) is 0.402. The smallest absolute Gasteiger partial charge is 0.321 e. The highest BCUT2D eigenvalue weighted by molar-refractivity contribution is 5.97. The second kappa shape index (κ2) is 7.95. The summed E-state index contributed by atoms with van der Waals surface area (Å²) in [6.07, 6.45) is -7.01. The summed E-state index contributed by atoms with van der Waals surface area (Å²) in [5.41, 5.74) is 0.0179. The van der Waals surface area contributed by atoms with Crippen LogP contribution in [0, 0.1) is 0 Å². The summed E-state index contributed by atoms with van der Waals surface area (Å²) < 4.78 is 115. The Hall–Kier alpha value is -3.12. The molecule has 0 aromatic heterocycles. The number of amides is 1. The van der Waals surface area contributed by atoms with E-state index in [-0.39, 0.29) is 5.69 Å². The molecular weight excluding hydrogens is 433 g/mol. The molecule has 0 fully saturated rings. The molecule has 0 unspecified atom stereocenters. The summed E-state index contributed by atoms with van der Waals surface area (Å²) in [5, 5.41) is 8.75. The fraction of sp³-hybridized carbons (Fsp3) is 0.235. The van der Waals surface area contributed by atoms with E-state index in [0.717, 1.165) is 24.3 Å². The monoisotopic (exact) mass is 443 g/mol. The van der Waals surface area contributed by atoms with Gasteiger partial charge in [0.15, 0.2) is 0 Å². The fourth-order valence-corrected chi connectivity index (χ4v) is 1.95. The summed E-state index contributed by atoms with van der Waals surface area (Å²) >= 11 is 0. The molecule has 2 rings (SSSR count). The molecule has 0 spiro atoms. The van der Waals surface area contributed by atoms with Crippen molar-refractivity contribution in [3.63, 3.8) is 0 Å². The lowest BCUT2D eigenvalue weighted by molar-refractivity contribution is -0.388. The number of hydrogen-bond acceptors (Lipinski definition) is 3. The van der Waals surface area contributed by atoms with Crippen molar-refractivity contribution in [2.45, 2.75) is 23.9 Å². The highest BCUT2D eigenvalue weighted by Crippen LogP contribution is 2.53. The van der Waals surface area contributed by atoms with Crippen LogP contribution in [-0.2, 0) is 4.79 Å². The third kappa shape index (κ3) is 4.39. The molecular formula is C17H10F9N3O. The Morgan fingerprint density at radius 2 is 1.13 bits per heavy atom. The summed E-state index contributed by atoms with van der Waals surface area (Å²) in [6.45, 7) is 0. The molecule has 0 aliphatic heterocycles. The lowest BCUT2D eigenvalue weighted by Crippen LogP contribution is -2.64. The molecule has 0 heterocycles. The van der Waals surface area contributed by atoms with Crippen molar-refractivity contribution in [3.05, 3.63) is 54.6 Å². The first-order valence-corrected chi connectivity index (χ1v) is 7.78. The maximum Gasteiger partial charge on any atom is 0.460 e. The van der Waals surface area contributed by atoms with E-state index in [2.05, 4.69) is 10.2 Å². The van der Waals surface area contributed by atoms with Gasteiger partial charge in [0.1, 0.15) is 0 Å². The molecule has 0 atom stereocenters. The molecule has 162 valence electrons. The van der Waals surface area contributed by atoms with Gasteiger partial charge in [-0.25, -0.2) is 0 Å². The minimum Gasteiger partial charge on any atom is -0.321 e. The predicted molar refractivity (Wildman–Crippen MR) is 86.6 cm³/mol. The predicted octanol–water partition coefficient (Wildman–Crippen LogP) is 6.51. The van der Waals surface area contributed by atoms with E-state index in [4.69, 9.17) is 0 Å². The summed E-state index contributed by atoms with van der Waals surface area (Å²) in [5.74, 6) is -23.6. The van der Waals surface area contributed by atoms with E-state index in [0.29, 0.717) is 5.69 Å². The summed E-state index contributed by atoms with van der Waals surface area (Å²) in [6, 6.07) is 12.2. The molecule has 30 heavy (non-hydrogen) atoms. The Balaban J connectivity index is 2.15. The van der Waals surface area contributed by atoms with E-state index in [9.17, 15) is 44.3 Å². The Morgan fingerprint density at radius 1 is 0.667 bits per heavy atom. The van der Waals surface area contributed by atoms with Gasteiger partial charge >= 0.3 is 29.9 Å². The van der Waals surface area contributed by atoms with E-state index in [1.807, 2.05) is 0 Å². The average molecular weight is 443 g/mol. The molecule has 0 saturated heterocycles. The molecule has 13 heteroatoms. The Morgan fingerprint density at radius 3 is 1.60 bits per heavy atom. The van der Waals surface area contributed by atoms with Crippen LogP contribution in [0.4, 0.5) is 56.6 Å². The van der Waals surface area contributed by atoms with Crippen molar-refractivity contribution in [2.75, 3.05) is 5.32 Å². The van der Waals surface area contributed by atoms with Crippen molar-refractivity contribution >= 4 is 23.0 Å². The molecule has 4 nitrogen and oxygen atoms in total. The number of carbonyl (C=O) groups excluding carboxylic acids is 1. The summed E-state index contributed by atoms with van der Waals surface area (Å²) in [4.78, 5) is 11.4. The van der Waals surface area contributed by atoms with Crippen LogP contribution in [-0.4, -0.2) is 29.9 Å². The van der Waals surface area contributed by atoms with Crippen molar-refractivity contribution in [1.82, 2.24) is 0 Å². The van der Waals surface area contributed by atoms with Crippen LogP contribution < -0.4 is 5.32 Å². The van der Waals surface area contributed by atoms with Gasteiger partial charge in [-0.3, -0.25) is 4.79 Å². The van der Waals surface area contributed by atoms with Gasteiger partial charge < -0.3 is 5.32 Å². The number of carbonyl (C=O) groups is 1. The molecule has 1 amide bonds. The lowest BCUT2D eigenvalue weighted by atomic mass is 10.0.